The SMILES string of the molecule is O=C(c1cccn1C1CCCC1)N(CCO)Cc1ccccc1. The Kier molecular flexibility index (Phi) is 5.13. The van der Waals surface area contributed by atoms with Gasteiger partial charge >= 0.3 is 0 Å². The first-order chi connectivity index (χ1) is 11.3. The topological polar surface area (TPSA) is 45.5 Å². The van der Waals surface area contributed by atoms with Gasteiger partial charge in [-0.15, -0.1) is 0 Å². The number of carbonyl (C=O) groups excluding carboxylic acids is 1. The van der Waals surface area contributed by atoms with E-state index in [0.29, 0.717) is 19.1 Å². The van der Waals surface area contributed by atoms with Crippen molar-refractivity contribution < 1.29 is 9.90 Å². The fourth-order valence-electron chi connectivity index (χ4n) is 3.41. The normalized spacial score (nSPS) is 15.0. The molecule has 4 heteroatoms. The fraction of sp³-hybridized carbons (Fsp3) is 0.421. The van der Waals surface area contributed by atoms with E-state index in [1.807, 2.05) is 48.7 Å². The molecule has 1 saturated carbocycles. The summed E-state index contributed by atoms with van der Waals surface area (Å²) in [6.07, 6.45) is 6.78. The van der Waals surface area contributed by atoms with Crippen molar-refractivity contribution in [2.24, 2.45) is 0 Å². The summed E-state index contributed by atoms with van der Waals surface area (Å²) in [5.74, 6) is -0.000182. The maximum Gasteiger partial charge on any atom is 0.270 e. The van der Waals surface area contributed by atoms with Crippen molar-refractivity contribution in [3.63, 3.8) is 0 Å². The van der Waals surface area contributed by atoms with Crippen LogP contribution in [0.3, 0.4) is 0 Å². The zero-order valence-corrected chi connectivity index (χ0v) is 13.4. The lowest BCUT2D eigenvalue weighted by molar-refractivity contribution is 0.0694. The molecule has 0 saturated heterocycles. The van der Waals surface area contributed by atoms with Crippen molar-refractivity contribution in [3.05, 3.63) is 59.9 Å². The smallest absolute Gasteiger partial charge is 0.270 e. The third kappa shape index (κ3) is 3.64. The second-order valence-electron chi connectivity index (χ2n) is 6.17. The summed E-state index contributed by atoms with van der Waals surface area (Å²) in [5.41, 5.74) is 1.81. The molecule has 0 spiro atoms. The number of aromatic nitrogens is 1. The van der Waals surface area contributed by atoms with Gasteiger partial charge in [-0.25, -0.2) is 0 Å². The maximum absolute atomic E-state index is 13.0. The third-order valence-corrected chi connectivity index (χ3v) is 4.59. The van der Waals surface area contributed by atoms with Crippen LogP contribution in [0.1, 0.15) is 47.8 Å². The molecule has 1 aliphatic carbocycles. The van der Waals surface area contributed by atoms with Gasteiger partial charge < -0.3 is 14.6 Å². The predicted octanol–water partition coefficient (Wildman–Crippen LogP) is 3.24. The molecule has 2 aromatic rings. The minimum Gasteiger partial charge on any atom is -0.395 e. The molecule has 3 rings (SSSR count). The van der Waals surface area contributed by atoms with E-state index < -0.39 is 0 Å². The molecule has 0 atom stereocenters. The second-order valence-corrected chi connectivity index (χ2v) is 6.17. The van der Waals surface area contributed by atoms with E-state index in [4.69, 9.17) is 0 Å². The molecule has 0 radical (unpaired) electrons. The van der Waals surface area contributed by atoms with Crippen LogP contribution in [0.5, 0.6) is 0 Å². The highest BCUT2D eigenvalue weighted by Gasteiger charge is 2.24. The highest BCUT2D eigenvalue weighted by molar-refractivity contribution is 5.92. The van der Waals surface area contributed by atoms with Gasteiger partial charge in [0.25, 0.3) is 5.91 Å². The average Bonchev–Trinajstić information content (AvgIpc) is 3.25. The summed E-state index contributed by atoms with van der Waals surface area (Å²) >= 11 is 0. The molecule has 1 amide bonds. The fourth-order valence-corrected chi connectivity index (χ4v) is 3.41. The number of rotatable bonds is 6. The highest BCUT2D eigenvalue weighted by atomic mass is 16.3. The van der Waals surface area contributed by atoms with Gasteiger partial charge in [-0.1, -0.05) is 43.2 Å². The number of hydrogen-bond acceptors (Lipinski definition) is 2. The number of benzene rings is 1. The summed E-state index contributed by atoms with van der Waals surface area (Å²) in [4.78, 5) is 14.7. The molecule has 1 aliphatic rings. The molecule has 0 bridgehead atoms. The first kappa shape index (κ1) is 15.8. The van der Waals surface area contributed by atoms with Crippen LogP contribution in [-0.2, 0) is 6.54 Å². The predicted molar refractivity (Wildman–Crippen MR) is 90.2 cm³/mol. The van der Waals surface area contributed by atoms with Crippen molar-refractivity contribution in [1.82, 2.24) is 9.47 Å². The van der Waals surface area contributed by atoms with E-state index in [9.17, 15) is 9.90 Å². The molecule has 1 aromatic carbocycles. The monoisotopic (exact) mass is 312 g/mol. The van der Waals surface area contributed by atoms with Crippen LogP contribution < -0.4 is 0 Å². The Labute approximate surface area is 137 Å². The molecule has 1 N–H and O–H groups in total. The third-order valence-electron chi connectivity index (χ3n) is 4.59. The van der Waals surface area contributed by atoms with E-state index in [-0.39, 0.29) is 12.5 Å². The van der Waals surface area contributed by atoms with Crippen LogP contribution in [0.2, 0.25) is 0 Å². The van der Waals surface area contributed by atoms with Gasteiger partial charge in [0.2, 0.25) is 0 Å². The zero-order chi connectivity index (χ0) is 16.1. The number of aliphatic hydroxyl groups is 1. The molecule has 122 valence electrons. The molecular weight excluding hydrogens is 288 g/mol. The van der Waals surface area contributed by atoms with Crippen molar-refractivity contribution in [3.8, 4) is 0 Å². The molecular formula is C19H24N2O2. The lowest BCUT2D eigenvalue weighted by Gasteiger charge is -2.24. The highest BCUT2D eigenvalue weighted by Crippen LogP contribution is 2.31. The van der Waals surface area contributed by atoms with Crippen LogP contribution in [0.25, 0.3) is 0 Å². The lowest BCUT2D eigenvalue weighted by Crippen LogP contribution is -2.34. The Bertz CT molecular complexity index is 630. The Morgan fingerprint density at radius 1 is 1.13 bits per heavy atom. The molecule has 23 heavy (non-hydrogen) atoms. The van der Waals surface area contributed by atoms with Gasteiger partial charge in [-0.05, 0) is 30.5 Å². The zero-order valence-electron chi connectivity index (χ0n) is 13.4. The molecule has 0 unspecified atom stereocenters. The number of nitrogens with zero attached hydrogens (tertiary/aromatic N) is 2. The van der Waals surface area contributed by atoms with Crippen molar-refractivity contribution in [1.29, 1.82) is 0 Å². The van der Waals surface area contributed by atoms with E-state index in [1.165, 1.54) is 12.8 Å². The standard InChI is InChI=1S/C19H24N2O2/c22-14-13-20(15-16-7-2-1-3-8-16)19(23)18-11-6-12-21(18)17-9-4-5-10-17/h1-3,6-8,11-12,17,22H,4-5,9-10,13-15H2. The number of aliphatic hydroxyl groups excluding tert-OH is 1. The van der Waals surface area contributed by atoms with Crippen molar-refractivity contribution in [2.75, 3.05) is 13.2 Å². The molecule has 1 fully saturated rings. The van der Waals surface area contributed by atoms with Crippen LogP contribution in [0, 0.1) is 0 Å². The van der Waals surface area contributed by atoms with Crippen LogP contribution in [-0.4, -0.2) is 33.6 Å². The van der Waals surface area contributed by atoms with Gasteiger partial charge in [-0.2, -0.15) is 0 Å². The van der Waals surface area contributed by atoms with Crippen molar-refractivity contribution in [2.45, 2.75) is 38.3 Å². The second kappa shape index (κ2) is 7.47. The number of carbonyl (C=O) groups is 1. The summed E-state index contributed by atoms with van der Waals surface area (Å²) in [7, 11) is 0. The minimum atomic E-state index is -0.0251. The van der Waals surface area contributed by atoms with Crippen LogP contribution in [0.15, 0.2) is 48.7 Å². The summed E-state index contributed by atoms with van der Waals surface area (Å²) in [5, 5.41) is 9.34. The van der Waals surface area contributed by atoms with E-state index >= 15 is 0 Å². The van der Waals surface area contributed by atoms with Crippen LogP contribution >= 0.6 is 0 Å². The van der Waals surface area contributed by atoms with Crippen molar-refractivity contribution >= 4 is 5.91 Å². The number of amides is 1. The first-order valence-corrected chi connectivity index (χ1v) is 8.40. The largest absolute Gasteiger partial charge is 0.395 e. The Morgan fingerprint density at radius 3 is 2.57 bits per heavy atom. The Balaban J connectivity index is 1.79. The Hall–Kier alpha value is -2.07. The average molecular weight is 312 g/mol. The Morgan fingerprint density at radius 2 is 1.87 bits per heavy atom. The summed E-state index contributed by atoms with van der Waals surface area (Å²) in [6.45, 7) is 0.850. The molecule has 1 aromatic heterocycles. The van der Waals surface area contributed by atoms with Gasteiger partial charge in [0.1, 0.15) is 5.69 Å². The minimum absolute atomic E-state index is 0.000182. The van der Waals surface area contributed by atoms with Gasteiger partial charge in [0.05, 0.1) is 6.61 Å². The molecule has 4 nitrogen and oxygen atoms in total. The summed E-state index contributed by atoms with van der Waals surface area (Å²) in [6, 6.07) is 14.2. The van der Waals surface area contributed by atoms with Gasteiger partial charge in [0.15, 0.2) is 0 Å². The lowest BCUT2D eigenvalue weighted by atomic mass is 10.2. The van der Waals surface area contributed by atoms with Gasteiger partial charge in [0, 0.05) is 25.3 Å². The molecule has 0 aliphatic heterocycles. The molecule has 1 heterocycles. The summed E-state index contributed by atoms with van der Waals surface area (Å²) < 4.78 is 2.13. The van der Waals surface area contributed by atoms with E-state index in [1.54, 1.807) is 4.90 Å². The van der Waals surface area contributed by atoms with E-state index in [0.717, 1.165) is 24.1 Å². The quantitative estimate of drug-likeness (QED) is 0.890. The maximum atomic E-state index is 13.0. The van der Waals surface area contributed by atoms with E-state index in [2.05, 4.69) is 4.57 Å². The first-order valence-electron chi connectivity index (χ1n) is 8.40. The number of hydrogen-bond donors (Lipinski definition) is 1. The van der Waals surface area contributed by atoms with Gasteiger partial charge in [-0.3, -0.25) is 4.79 Å². The van der Waals surface area contributed by atoms with Crippen LogP contribution in [0.4, 0.5) is 0 Å².